The van der Waals surface area contributed by atoms with Gasteiger partial charge in [0.2, 0.25) is 0 Å². The first-order valence-electron chi connectivity index (χ1n) is 5.29. The van der Waals surface area contributed by atoms with Crippen LogP contribution in [0.3, 0.4) is 0 Å². The largest absolute Gasteiger partial charge is 0.364 e. The number of amides is 2. The predicted octanol–water partition coefficient (Wildman–Crippen LogP) is 1.43. The molecule has 3 N–H and O–H groups in total. The Morgan fingerprint density at radius 1 is 1.06 bits per heavy atom. The minimum atomic E-state index is -0.728. The van der Waals surface area contributed by atoms with Gasteiger partial charge < -0.3 is 11.1 Å². The smallest absolute Gasteiger partial charge is 0.268 e. The lowest BCUT2D eigenvalue weighted by molar-refractivity contribution is 0.0972. The summed E-state index contributed by atoms with van der Waals surface area (Å²) in [4.78, 5) is 26.9. The molecule has 0 aliphatic carbocycles. The zero-order chi connectivity index (χ0) is 13.0. The molecule has 0 fully saturated rings. The van der Waals surface area contributed by atoms with E-state index in [4.69, 9.17) is 5.73 Å². The van der Waals surface area contributed by atoms with E-state index in [1.807, 2.05) is 6.07 Å². The molecule has 2 aromatic rings. The fourth-order valence-electron chi connectivity index (χ4n) is 1.50. The number of nitrogens with two attached hydrogens (primary N) is 1. The molecule has 0 bridgehead atoms. The third-order valence-electron chi connectivity index (χ3n) is 2.32. The molecule has 0 spiro atoms. The highest BCUT2D eigenvalue weighted by molar-refractivity contribution is 6.10. The first kappa shape index (κ1) is 11.8. The molecule has 1 aromatic carbocycles. The molecular weight excluding hydrogens is 230 g/mol. The van der Waals surface area contributed by atoms with Crippen molar-refractivity contribution >= 4 is 17.5 Å². The Hall–Kier alpha value is -2.69. The highest BCUT2D eigenvalue weighted by atomic mass is 16.2. The fourth-order valence-corrected chi connectivity index (χ4v) is 1.50. The SMILES string of the molecule is NC(=O)c1ncccc1C(=O)Nc1ccccc1. The molecule has 90 valence electrons. The van der Waals surface area contributed by atoms with E-state index in [-0.39, 0.29) is 11.3 Å². The Bertz CT molecular complexity index is 582. The molecule has 1 aromatic heterocycles. The Balaban J connectivity index is 2.27. The number of para-hydroxylation sites is 1. The van der Waals surface area contributed by atoms with E-state index in [1.165, 1.54) is 12.3 Å². The number of rotatable bonds is 3. The lowest BCUT2D eigenvalue weighted by Crippen LogP contribution is -2.21. The molecule has 0 saturated heterocycles. The van der Waals surface area contributed by atoms with E-state index in [0.717, 1.165) is 0 Å². The van der Waals surface area contributed by atoms with Gasteiger partial charge >= 0.3 is 0 Å². The van der Waals surface area contributed by atoms with Crippen molar-refractivity contribution in [3.05, 3.63) is 59.9 Å². The summed E-state index contributed by atoms with van der Waals surface area (Å²) in [6, 6.07) is 12.0. The molecule has 0 saturated carbocycles. The van der Waals surface area contributed by atoms with Crippen molar-refractivity contribution in [3.63, 3.8) is 0 Å². The number of pyridine rings is 1. The van der Waals surface area contributed by atoms with Crippen LogP contribution in [0.15, 0.2) is 48.7 Å². The average molecular weight is 241 g/mol. The number of aromatic nitrogens is 1. The third kappa shape index (κ3) is 2.52. The van der Waals surface area contributed by atoms with Crippen LogP contribution in [-0.4, -0.2) is 16.8 Å². The Kier molecular flexibility index (Phi) is 3.33. The van der Waals surface area contributed by atoms with Crippen LogP contribution in [0.4, 0.5) is 5.69 Å². The van der Waals surface area contributed by atoms with Crippen molar-refractivity contribution in [1.29, 1.82) is 0 Å². The molecule has 0 atom stereocenters. The molecular formula is C13H11N3O2. The van der Waals surface area contributed by atoms with Gasteiger partial charge in [0.25, 0.3) is 11.8 Å². The van der Waals surface area contributed by atoms with Crippen LogP contribution in [0.1, 0.15) is 20.8 Å². The van der Waals surface area contributed by atoms with Crippen molar-refractivity contribution in [2.24, 2.45) is 5.73 Å². The van der Waals surface area contributed by atoms with Gasteiger partial charge in [0.1, 0.15) is 5.69 Å². The molecule has 18 heavy (non-hydrogen) atoms. The summed E-state index contributed by atoms with van der Waals surface area (Å²) >= 11 is 0. The quantitative estimate of drug-likeness (QED) is 0.852. The molecule has 5 heteroatoms. The molecule has 2 amide bonds. The number of hydrogen-bond acceptors (Lipinski definition) is 3. The van der Waals surface area contributed by atoms with Crippen molar-refractivity contribution in [2.75, 3.05) is 5.32 Å². The lowest BCUT2D eigenvalue weighted by atomic mass is 10.1. The van der Waals surface area contributed by atoms with Crippen molar-refractivity contribution in [3.8, 4) is 0 Å². The molecule has 5 nitrogen and oxygen atoms in total. The number of carbonyl (C=O) groups excluding carboxylic acids is 2. The van der Waals surface area contributed by atoms with Crippen LogP contribution in [0, 0.1) is 0 Å². The molecule has 0 aliphatic rings. The summed E-state index contributed by atoms with van der Waals surface area (Å²) in [5, 5.41) is 2.67. The van der Waals surface area contributed by atoms with Gasteiger partial charge in [-0.1, -0.05) is 18.2 Å². The summed E-state index contributed by atoms with van der Waals surface area (Å²) in [6.07, 6.45) is 1.42. The topological polar surface area (TPSA) is 85.1 Å². The van der Waals surface area contributed by atoms with Crippen molar-refractivity contribution < 1.29 is 9.59 Å². The van der Waals surface area contributed by atoms with Gasteiger partial charge in [0.15, 0.2) is 0 Å². The molecule has 2 rings (SSSR count). The summed E-state index contributed by atoms with van der Waals surface area (Å²) in [7, 11) is 0. The van der Waals surface area contributed by atoms with Gasteiger partial charge in [-0.15, -0.1) is 0 Å². The van der Waals surface area contributed by atoms with Gasteiger partial charge in [-0.25, -0.2) is 0 Å². The van der Waals surface area contributed by atoms with Crippen LogP contribution in [0.2, 0.25) is 0 Å². The van der Waals surface area contributed by atoms with Gasteiger partial charge in [-0.2, -0.15) is 0 Å². The molecule has 0 radical (unpaired) electrons. The second-order valence-corrected chi connectivity index (χ2v) is 3.58. The maximum atomic E-state index is 12.0. The van der Waals surface area contributed by atoms with Crippen molar-refractivity contribution in [2.45, 2.75) is 0 Å². The maximum Gasteiger partial charge on any atom is 0.268 e. The predicted molar refractivity (Wildman–Crippen MR) is 67.2 cm³/mol. The van der Waals surface area contributed by atoms with E-state index in [2.05, 4.69) is 10.3 Å². The van der Waals surface area contributed by atoms with E-state index in [9.17, 15) is 9.59 Å². The van der Waals surface area contributed by atoms with Crippen LogP contribution in [0.25, 0.3) is 0 Å². The standard InChI is InChI=1S/C13H11N3O2/c14-12(17)11-10(7-4-8-15-11)13(18)16-9-5-2-1-3-6-9/h1-8H,(H2,14,17)(H,16,18). The van der Waals surface area contributed by atoms with Crippen LogP contribution in [-0.2, 0) is 0 Å². The van der Waals surface area contributed by atoms with E-state index < -0.39 is 11.8 Å². The number of primary amides is 1. The van der Waals surface area contributed by atoms with Gasteiger partial charge in [-0.3, -0.25) is 14.6 Å². The Labute approximate surface area is 104 Å². The number of anilines is 1. The maximum absolute atomic E-state index is 12.0. The second kappa shape index (κ2) is 5.09. The van der Waals surface area contributed by atoms with Gasteiger partial charge in [0, 0.05) is 11.9 Å². The molecule has 0 unspecified atom stereocenters. The lowest BCUT2D eigenvalue weighted by Gasteiger charge is -2.06. The number of carbonyl (C=O) groups is 2. The van der Waals surface area contributed by atoms with Crippen molar-refractivity contribution in [1.82, 2.24) is 4.98 Å². The summed E-state index contributed by atoms with van der Waals surface area (Å²) < 4.78 is 0. The summed E-state index contributed by atoms with van der Waals surface area (Å²) in [6.45, 7) is 0. The third-order valence-corrected chi connectivity index (χ3v) is 2.32. The minimum absolute atomic E-state index is 0.0362. The van der Waals surface area contributed by atoms with Gasteiger partial charge in [0.05, 0.1) is 5.56 Å². The van der Waals surface area contributed by atoms with Crippen LogP contribution < -0.4 is 11.1 Å². The second-order valence-electron chi connectivity index (χ2n) is 3.58. The number of hydrogen-bond donors (Lipinski definition) is 2. The van der Waals surface area contributed by atoms with Gasteiger partial charge in [-0.05, 0) is 24.3 Å². The zero-order valence-corrected chi connectivity index (χ0v) is 9.46. The summed E-state index contributed by atoms with van der Waals surface area (Å²) in [5.74, 6) is -1.14. The number of benzene rings is 1. The van der Waals surface area contributed by atoms with E-state index in [0.29, 0.717) is 5.69 Å². The zero-order valence-electron chi connectivity index (χ0n) is 9.46. The Morgan fingerprint density at radius 3 is 2.44 bits per heavy atom. The number of nitrogens with zero attached hydrogens (tertiary/aromatic N) is 1. The highest BCUT2D eigenvalue weighted by Gasteiger charge is 2.15. The monoisotopic (exact) mass is 241 g/mol. The normalized spacial score (nSPS) is 9.78. The van der Waals surface area contributed by atoms with Crippen LogP contribution >= 0.6 is 0 Å². The minimum Gasteiger partial charge on any atom is -0.364 e. The number of nitrogens with one attached hydrogen (secondary N) is 1. The fraction of sp³-hybridized carbons (Fsp3) is 0. The average Bonchev–Trinajstić information content (AvgIpc) is 2.40. The Morgan fingerprint density at radius 2 is 1.78 bits per heavy atom. The van der Waals surface area contributed by atoms with Crippen LogP contribution in [0.5, 0.6) is 0 Å². The summed E-state index contributed by atoms with van der Waals surface area (Å²) in [5.41, 5.74) is 5.93. The first-order chi connectivity index (χ1) is 8.68. The highest BCUT2D eigenvalue weighted by Crippen LogP contribution is 2.10. The first-order valence-corrected chi connectivity index (χ1v) is 5.29. The van der Waals surface area contributed by atoms with E-state index in [1.54, 1.807) is 30.3 Å². The molecule has 0 aliphatic heterocycles. The molecule has 1 heterocycles. The van der Waals surface area contributed by atoms with E-state index >= 15 is 0 Å².